The normalized spacial score (nSPS) is 22.0. The third-order valence-electron chi connectivity index (χ3n) is 4.63. The van der Waals surface area contributed by atoms with E-state index in [1.165, 1.54) is 18.4 Å². The third-order valence-corrected chi connectivity index (χ3v) is 4.63. The Morgan fingerprint density at radius 3 is 2.73 bits per heavy atom. The maximum absolute atomic E-state index is 12.2. The lowest BCUT2D eigenvalue weighted by Gasteiger charge is -2.32. The van der Waals surface area contributed by atoms with Crippen molar-refractivity contribution < 1.29 is 4.79 Å². The van der Waals surface area contributed by atoms with E-state index in [4.69, 9.17) is 5.26 Å². The highest BCUT2D eigenvalue weighted by atomic mass is 16.1. The highest BCUT2D eigenvalue weighted by Crippen LogP contribution is 2.28. The van der Waals surface area contributed by atoms with E-state index in [0.29, 0.717) is 5.56 Å². The largest absolute Gasteiger partial charge is 0.356 e. The monoisotopic (exact) mass is 297 g/mol. The second-order valence-electron chi connectivity index (χ2n) is 6.57. The number of hydrogen-bond acceptors (Lipinski definition) is 3. The fourth-order valence-corrected chi connectivity index (χ4v) is 3.07. The molecule has 0 spiro atoms. The van der Waals surface area contributed by atoms with Gasteiger partial charge < -0.3 is 5.32 Å². The molecule has 1 saturated heterocycles. The molecule has 1 heterocycles. The van der Waals surface area contributed by atoms with E-state index in [0.717, 1.165) is 44.9 Å². The Morgan fingerprint density at radius 1 is 1.27 bits per heavy atom. The summed E-state index contributed by atoms with van der Waals surface area (Å²) in [5, 5.41) is 11.9. The third kappa shape index (κ3) is 4.08. The SMILES string of the molecule is N#Cc1ccc(CN2CCCC(C(=O)NCC3CC3)C2)cc1. The molecule has 4 nitrogen and oxygen atoms in total. The van der Waals surface area contributed by atoms with E-state index < -0.39 is 0 Å². The first-order valence-corrected chi connectivity index (χ1v) is 8.23. The Kier molecular flexibility index (Phi) is 4.74. The van der Waals surface area contributed by atoms with E-state index in [1.807, 2.05) is 24.3 Å². The number of hydrogen-bond donors (Lipinski definition) is 1. The zero-order chi connectivity index (χ0) is 15.4. The summed E-state index contributed by atoms with van der Waals surface area (Å²) in [4.78, 5) is 14.6. The van der Waals surface area contributed by atoms with E-state index in [2.05, 4.69) is 16.3 Å². The molecule has 1 aromatic rings. The van der Waals surface area contributed by atoms with Gasteiger partial charge in [-0.15, -0.1) is 0 Å². The minimum Gasteiger partial charge on any atom is -0.356 e. The molecular formula is C18H23N3O. The van der Waals surface area contributed by atoms with Crippen molar-refractivity contribution in [1.29, 1.82) is 5.26 Å². The van der Waals surface area contributed by atoms with Crippen LogP contribution < -0.4 is 5.32 Å². The molecule has 0 radical (unpaired) electrons. The molecule has 1 aliphatic carbocycles. The van der Waals surface area contributed by atoms with Gasteiger partial charge in [0.2, 0.25) is 5.91 Å². The van der Waals surface area contributed by atoms with Gasteiger partial charge in [0, 0.05) is 19.6 Å². The molecule has 1 atom stereocenters. The van der Waals surface area contributed by atoms with Gasteiger partial charge in [0.1, 0.15) is 0 Å². The Hall–Kier alpha value is -1.86. The van der Waals surface area contributed by atoms with Crippen molar-refractivity contribution in [3.8, 4) is 6.07 Å². The Morgan fingerprint density at radius 2 is 2.05 bits per heavy atom. The fourth-order valence-electron chi connectivity index (χ4n) is 3.07. The van der Waals surface area contributed by atoms with Crippen LogP contribution in [0.25, 0.3) is 0 Å². The van der Waals surface area contributed by atoms with Crippen molar-refractivity contribution in [2.45, 2.75) is 32.2 Å². The number of amides is 1. The molecule has 4 heteroatoms. The molecule has 1 saturated carbocycles. The van der Waals surface area contributed by atoms with E-state index >= 15 is 0 Å². The van der Waals surface area contributed by atoms with Crippen LogP contribution in [0.2, 0.25) is 0 Å². The van der Waals surface area contributed by atoms with Crippen molar-refractivity contribution >= 4 is 5.91 Å². The number of nitrogens with zero attached hydrogens (tertiary/aromatic N) is 2. The minimum atomic E-state index is 0.130. The second kappa shape index (κ2) is 6.93. The van der Waals surface area contributed by atoms with Crippen LogP contribution in [0.5, 0.6) is 0 Å². The molecule has 3 rings (SSSR count). The minimum absolute atomic E-state index is 0.130. The van der Waals surface area contributed by atoms with Crippen LogP contribution in [0.3, 0.4) is 0 Å². The van der Waals surface area contributed by atoms with Gasteiger partial charge in [-0.2, -0.15) is 5.26 Å². The average Bonchev–Trinajstić information content (AvgIpc) is 3.38. The van der Waals surface area contributed by atoms with Gasteiger partial charge in [-0.1, -0.05) is 12.1 Å². The topological polar surface area (TPSA) is 56.1 Å². The average molecular weight is 297 g/mol. The standard InChI is InChI=1S/C18H23N3O/c19-10-14-3-7-16(8-4-14)12-21-9-1-2-17(13-21)18(22)20-11-15-5-6-15/h3-4,7-8,15,17H,1-2,5-6,9,11-13H2,(H,20,22). The quantitative estimate of drug-likeness (QED) is 0.907. The Balaban J connectivity index is 1.50. The van der Waals surface area contributed by atoms with Gasteiger partial charge in [0.25, 0.3) is 0 Å². The van der Waals surface area contributed by atoms with Crippen LogP contribution in [-0.4, -0.2) is 30.4 Å². The first kappa shape index (κ1) is 15.1. The first-order valence-electron chi connectivity index (χ1n) is 8.23. The molecule has 0 aromatic heterocycles. The lowest BCUT2D eigenvalue weighted by Crippen LogP contribution is -2.43. The molecule has 1 aliphatic heterocycles. The molecule has 22 heavy (non-hydrogen) atoms. The van der Waals surface area contributed by atoms with Crippen molar-refractivity contribution in [3.63, 3.8) is 0 Å². The lowest BCUT2D eigenvalue weighted by molar-refractivity contribution is -0.126. The number of nitrogens with one attached hydrogen (secondary N) is 1. The number of nitriles is 1. The number of carbonyl (C=O) groups excluding carboxylic acids is 1. The Bertz CT molecular complexity index is 557. The Labute approximate surface area is 132 Å². The first-order chi connectivity index (χ1) is 10.7. The van der Waals surface area contributed by atoms with Crippen LogP contribution in [-0.2, 0) is 11.3 Å². The zero-order valence-electron chi connectivity index (χ0n) is 12.9. The summed E-state index contributed by atoms with van der Waals surface area (Å²) in [5.74, 6) is 1.10. The van der Waals surface area contributed by atoms with Crippen molar-refractivity contribution in [2.75, 3.05) is 19.6 Å². The van der Waals surface area contributed by atoms with E-state index in [9.17, 15) is 4.79 Å². The van der Waals surface area contributed by atoms with Gasteiger partial charge in [-0.25, -0.2) is 0 Å². The second-order valence-corrected chi connectivity index (χ2v) is 6.57. The lowest BCUT2D eigenvalue weighted by atomic mass is 9.96. The summed E-state index contributed by atoms with van der Waals surface area (Å²) in [6.07, 6.45) is 4.63. The number of likely N-dealkylation sites (tertiary alicyclic amines) is 1. The van der Waals surface area contributed by atoms with Gasteiger partial charge in [0.05, 0.1) is 17.6 Å². The van der Waals surface area contributed by atoms with Crippen LogP contribution in [0.1, 0.15) is 36.8 Å². The number of rotatable bonds is 5. The van der Waals surface area contributed by atoms with Gasteiger partial charge in [0.15, 0.2) is 0 Å². The van der Waals surface area contributed by atoms with E-state index in [1.54, 1.807) is 0 Å². The molecule has 1 aromatic carbocycles. The van der Waals surface area contributed by atoms with Crippen LogP contribution in [0, 0.1) is 23.2 Å². The molecule has 2 aliphatic rings. The summed E-state index contributed by atoms with van der Waals surface area (Å²) >= 11 is 0. The molecule has 1 N–H and O–H groups in total. The summed E-state index contributed by atoms with van der Waals surface area (Å²) in [5.41, 5.74) is 1.90. The summed E-state index contributed by atoms with van der Waals surface area (Å²) in [6.45, 7) is 3.62. The van der Waals surface area contributed by atoms with Crippen LogP contribution in [0.4, 0.5) is 0 Å². The number of carbonyl (C=O) groups is 1. The maximum Gasteiger partial charge on any atom is 0.224 e. The molecule has 1 amide bonds. The smallest absolute Gasteiger partial charge is 0.224 e. The summed E-state index contributed by atoms with van der Waals surface area (Å²) in [7, 11) is 0. The zero-order valence-corrected chi connectivity index (χ0v) is 12.9. The molecule has 2 fully saturated rings. The molecule has 0 bridgehead atoms. The van der Waals surface area contributed by atoms with Gasteiger partial charge in [-0.05, 0) is 55.8 Å². The van der Waals surface area contributed by atoms with Gasteiger partial charge >= 0.3 is 0 Å². The predicted molar refractivity (Wildman–Crippen MR) is 84.9 cm³/mol. The molecule has 1 unspecified atom stereocenters. The highest BCUT2D eigenvalue weighted by Gasteiger charge is 2.27. The van der Waals surface area contributed by atoms with Gasteiger partial charge in [-0.3, -0.25) is 9.69 Å². The number of piperidine rings is 1. The maximum atomic E-state index is 12.2. The molecular weight excluding hydrogens is 274 g/mol. The van der Waals surface area contributed by atoms with E-state index in [-0.39, 0.29) is 11.8 Å². The van der Waals surface area contributed by atoms with Crippen LogP contribution >= 0.6 is 0 Å². The molecule has 116 valence electrons. The van der Waals surface area contributed by atoms with Crippen LogP contribution in [0.15, 0.2) is 24.3 Å². The fraction of sp³-hybridized carbons (Fsp3) is 0.556. The van der Waals surface area contributed by atoms with Crippen molar-refractivity contribution in [2.24, 2.45) is 11.8 Å². The predicted octanol–water partition coefficient (Wildman–Crippen LogP) is 2.30. The summed E-state index contributed by atoms with van der Waals surface area (Å²) in [6, 6.07) is 9.88. The highest BCUT2D eigenvalue weighted by molar-refractivity contribution is 5.79. The van der Waals surface area contributed by atoms with Crippen molar-refractivity contribution in [3.05, 3.63) is 35.4 Å². The summed E-state index contributed by atoms with van der Waals surface area (Å²) < 4.78 is 0. The van der Waals surface area contributed by atoms with Crippen molar-refractivity contribution in [1.82, 2.24) is 10.2 Å². The number of benzene rings is 1.